The van der Waals surface area contributed by atoms with Crippen LogP contribution >= 0.6 is 0 Å². The third-order valence-electron chi connectivity index (χ3n) is 4.45. The maximum Gasteiger partial charge on any atom is 0.210 e. The van der Waals surface area contributed by atoms with Crippen LogP contribution in [0, 0.1) is 0 Å². The number of fused-ring (bicyclic) bond motifs is 3. The summed E-state index contributed by atoms with van der Waals surface area (Å²) < 4.78 is 2.45. The summed E-state index contributed by atoms with van der Waals surface area (Å²) in [5.41, 5.74) is 4.46. The Balaban J connectivity index is 0.00000133. The second kappa shape index (κ2) is 4.75. The molecule has 0 N–H and O–H groups in total. The number of hydrogen-bond acceptors (Lipinski definition) is 0. The first-order valence-electron chi connectivity index (χ1n) is 6.71. The van der Waals surface area contributed by atoms with Crippen molar-refractivity contribution >= 4 is 22.2 Å². The quantitative estimate of drug-likeness (QED) is 0.697. The molecule has 0 atom stereocenters. The minimum atomic E-state index is 0. The lowest BCUT2D eigenvalue weighted by Crippen LogP contribution is -3.00. The first-order valence-corrected chi connectivity index (χ1v) is 6.71. The zero-order valence-corrected chi connectivity index (χ0v) is 13.6. The SMILES string of the molecule is CC[N+]1=C(C)C(C)(C)c2c1ccc1ccccc21.[Br-]. The summed E-state index contributed by atoms with van der Waals surface area (Å²) in [6.45, 7) is 10.2. The smallest absolute Gasteiger partial charge is 0.210 e. The first kappa shape index (κ1) is 14.3. The molecule has 19 heavy (non-hydrogen) atoms. The van der Waals surface area contributed by atoms with Crippen LogP contribution in [0.25, 0.3) is 10.8 Å². The lowest BCUT2D eigenvalue weighted by Gasteiger charge is -2.17. The van der Waals surface area contributed by atoms with Crippen molar-refractivity contribution in [1.82, 2.24) is 0 Å². The van der Waals surface area contributed by atoms with Crippen molar-refractivity contribution in [3.8, 4) is 0 Å². The van der Waals surface area contributed by atoms with Gasteiger partial charge >= 0.3 is 0 Å². The molecule has 1 nitrogen and oxygen atoms in total. The van der Waals surface area contributed by atoms with Crippen LogP contribution in [-0.4, -0.2) is 16.8 Å². The van der Waals surface area contributed by atoms with Gasteiger partial charge in [-0.2, -0.15) is 4.58 Å². The summed E-state index contributed by atoms with van der Waals surface area (Å²) >= 11 is 0. The van der Waals surface area contributed by atoms with E-state index in [1.165, 1.54) is 27.7 Å². The molecule has 0 aliphatic carbocycles. The Morgan fingerprint density at radius 2 is 1.74 bits per heavy atom. The Morgan fingerprint density at radius 3 is 2.42 bits per heavy atom. The highest BCUT2D eigenvalue weighted by molar-refractivity contribution is 6.01. The average Bonchev–Trinajstić information content (AvgIpc) is 2.57. The summed E-state index contributed by atoms with van der Waals surface area (Å²) in [4.78, 5) is 0. The highest BCUT2D eigenvalue weighted by atomic mass is 79.9. The third kappa shape index (κ3) is 1.85. The standard InChI is InChI=1S/C17H20N.BrH/c1-5-18-12(2)17(3,4)16-14-9-7-6-8-13(14)10-11-15(16)18;/h6-11H,5H2,1-4H3;1H/q+1;/p-1. The molecule has 1 heterocycles. The van der Waals surface area contributed by atoms with Crippen LogP contribution < -0.4 is 17.0 Å². The normalized spacial score (nSPS) is 16.4. The van der Waals surface area contributed by atoms with E-state index >= 15 is 0 Å². The molecule has 0 radical (unpaired) electrons. The third-order valence-corrected chi connectivity index (χ3v) is 4.45. The number of halogens is 1. The van der Waals surface area contributed by atoms with Crippen LogP contribution in [0.5, 0.6) is 0 Å². The van der Waals surface area contributed by atoms with Gasteiger partial charge in [0.05, 0.1) is 5.41 Å². The van der Waals surface area contributed by atoms with Crippen LogP contribution in [0.3, 0.4) is 0 Å². The van der Waals surface area contributed by atoms with Gasteiger partial charge in [-0.3, -0.25) is 0 Å². The van der Waals surface area contributed by atoms with Crippen LogP contribution in [0.15, 0.2) is 36.4 Å². The zero-order chi connectivity index (χ0) is 12.9. The molecule has 3 rings (SSSR count). The molecule has 0 spiro atoms. The van der Waals surface area contributed by atoms with Crippen LogP contribution in [0.4, 0.5) is 5.69 Å². The number of hydrogen-bond donors (Lipinski definition) is 0. The maximum atomic E-state index is 2.45. The fourth-order valence-electron chi connectivity index (χ4n) is 3.25. The first-order chi connectivity index (χ1) is 8.57. The van der Waals surface area contributed by atoms with Crippen LogP contribution in [-0.2, 0) is 5.41 Å². The van der Waals surface area contributed by atoms with Crippen molar-refractivity contribution in [2.45, 2.75) is 33.1 Å². The molecule has 1 aliphatic rings. The van der Waals surface area contributed by atoms with Gasteiger partial charge in [-0.05, 0) is 37.6 Å². The molecule has 100 valence electrons. The van der Waals surface area contributed by atoms with E-state index in [-0.39, 0.29) is 22.4 Å². The molecule has 0 aromatic heterocycles. The van der Waals surface area contributed by atoms with E-state index in [0.29, 0.717) is 0 Å². The monoisotopic (exact) mass is 317 g/mol. The molecule has 0 bridgehead atoms. The van der Waals surface area contributed by atoms with Gasteiger partial charge in [-0.15, -0.1) is 0 Å². The van der Waals surface area contributed by atoms with E-state index in [0.717, 1.165) is 6.54 Å². The molecular formula is C17H20BrN. The van der Waals surface area contributed by atoms with Crippen molar-refractivity contribution in [1.29, 1.82) is 0 Å². The molecule has 2 aromatic carbocycles. The van der Waals surface area contributed by atoms with Crippen molar-refractivity contribution < 1.29 is 21.6 Å². The lowest BCUT2D eigenvalue weighted by atomic mass is 9.80. The van der Waals surface area contributed by atoms with Gasteiger partial charge in [0.15, 0.2) is 5.71 Å². The van der Waals surface area contributed by atoms with E-state index in [1.54, 1.807) is 0 Å². The van der Waals surface area contributed by atoms with Crippen molar-refractivity contribution in [3.63, 3.8) is 0 Å². The molecule has 2 aromatic rings. The summed E-state index contributed by atoms with van der Waals surface area (Å²) in [5, 5.41) is 2.74. The van der Waals surface area contributed by atoms with E-state index in [2.05, 4.69) is 68.7 Å². The molecule has 0 fully saturated rings. The topological polar surface area (TPSA) is 3.01 Å². The Hall–Kier alpha value is -1.15. The maximum absolute atomic E-state index is 2.45. The van der Waals surface area contributed by atoms with Gasteiger partial charge in [-0.1, -0.05) is 24.3 Å². The second-order valence-electron chi connectivity index (χ2n) is 5.64. The van der Waals surface area contributed by atoms with Crippen LogP contribution in [0.2, 0.25) is 0 Å². The molecule has 0 saturated carbocycles. The second-order valence-corrected chi connectivity index (χ2v) is 5.64. The molecule has 0 amide bonds. The van der Waals surface area contributed by atoms with Crippen molar-refractivity contribution in [3.05, 3.63) is 42.0 Å². The molecular weight excluding hydrogens is 298 g/mol. The molecule has 0 saturated heterocycles. The molecule has 2 heteroatoms. The van der Waals surface area contributed by atoms with E-state index in [1.807, 2.05) is 0 Å². The molecule has 1 aliphatic heterocycles. The minimum Gasteiger partial charge on any atom is -1.00 e. The van der Waals surface area contributed by atoms with Crippen LogP contribution in [0.1, 0.15) is 33.3 Å². The fraction of sp³-hybridized carbons (Fsp3) is 0.353. The largest absolute Gasteiger partial charge is 1.00 e. The summed E-state index contributed by atoms with van der Waals surface area (Å²) in [6.07, 6.45) is 0. The van der Waals surface area contributed by atoms with E-state index in [4.69, 9.17) is 0 Å². The van der Waals surface area contributed by atoms with E-state index < -0.39 is 0 Å². The predicted octanol–water partition coefficient (Wildman–Crippen LogP) is 1.26. The summed E-state index contributed by atoms with van der Waals surface area (Å²) in [6, 6.07) is 13.2. The average molecular weight is 318 g/mol. The lowest BCUT2D eigenvalue weighted by molar-refractivity contribution is -0.434. The van der Waals surface area contributed by atoms with Gasteiger partial charge in [0.1, 0.15) is 6.54 Å². The zero-order valence-electron chi connectivity index (χ0n) is 12.0. The van der Waals surface area contributed by atoms with Gasteiger partial charge in [0, 0.05) is 18.6 Å². The Labute approximate surface area is 125 Å². The van der Waals surface area contributed by atoms with E-state index in [9.17, 15) is 0 Å². The summed E-state index contributed by atoms with van der Waals surface area (Å²) in [5.74, 6) is 0. The molecule has 0 unspecified atom stereocenters. The Bertz CT molecular complexity index is 668. The minimum absolute atomic E-state index is 0. The highest BCUT2D eigenvalue weighted by Crippen LogP contribution is 2.43. The number of benzene rings is 2. The highest BCUT2D eigenvalue weighted by Gasteiger charge is 2.43. The number of nitrogens with zero attached hydrogens (tertiary/aromatic N) is 1. The Kier molecular flexibility index (Phi) is 3.57. The summed E-state index contributed by atoms with van der Waals surface area (Å²) in [7, 11) is 0. The van der Waals surface area contributed by atoms with Gasteiger partial charge in [-0.25, -0.2) is 0 Å². The van der Waals surface area contributed by atoms with Crippen molar-refractivity contribution in [2.75, 3.05) is 6.54 Å². The Morgan fingerprint density at radius 1 is 1.05 bits per heavy atom. The fourth-order valence-corrected chi connectivity index (χ4v) is 3.25. The van der Waals surface area contributed by atoms with Gasteiger partial charge in [0.2, 0.25) is 5.69 Å². The predicted molar refractivity (Wildman–Crippen MR) is 78.1 cm³/mol. The van der Waals surface area contributed by atoms with Gasteiger partial charge < -0.3 is 17.0 Å². The van der Waals surface area contributed by atoms with Crippen molar-refractivity contribution in [2.24, 2.45) is 0 Å². The number of rotatable bonds is 1. The van der Waals surface area contributed by atoms with Gasteiger partial charge in [0.25, 0.3) is 0 Å².